The predicted octanol–water partition coefficient (Wildman–Crippen LogP) is 11.0. The molecule has 6 aromatic carbocycles. The zero-order valence-electron chi connectivity index (χ0n) is 42.1. The first kappa shape index (κ1) is 70.9. The van der Waals surface area contributed by atoms with Gasteiger partial charge in [-0.3, -0.25) is 0 Å². The van der Waals surface area contributed by atoms with Gasteiger partial charge in [-0.25, -0.2) is 33.7 Å². The summed E-state index contributed by atoms with van der Waals surface area (Å²) in [6.45, 7) is 13.4. The van der Waals surface area contributed by atoms with Crippen molar-refractivity contribution in [3.8, 4) is 56.9 Å². The summed E-state index contributed by atoms with van der Waals surface area (Å²) in [6.07, 6.45) is 0. The van der Waals surface area contributed by atoms with E-state index in [1.165, 1.54) is 42.5 Å². The molecule has 4 heterocycles. The highest BCUT2D eigenvalue weighted by Gasteiger charge is 2.18. The van der Waals surface area contributed by atoms with Gasteiger partial charge >= 0.3 is 0 Å². The van der Waals surface area contributed by atoms with E-state index in [0.717, 1.165) is 11.1 Å². The zero-order valence-corrected chi connectivity index (χ0v) is 45.4. The van der Waals surface area contributed by atoms with Crippen molar-refractivity contribution in [2.75, 3.05) is 0 Å². The largest absolute Gasteiger partial charge is 0.744 e. The van der Waals surface area contributed by atoms with E-state index in [2.05, 4.69) is 40.8 Å². The molecule has 0 bridgehead atoms. The van der Waals surface area contributed by atoms with E-state index in [-0.39, 0.29) is 91.7 Å². The lowest BCUT2D eigenvalue weighted by Crippen LogP contribution is -2.02. The molecule has 0 fully saturated rings. The normalized spacial score (nSPS) is 11.0. The number of aryl methyl sites for hydroxylation is 8. The fraction of sp³-hybridized carbons (Fsp3) is 0.236. The van der Waals surface area contributed by atoms with Crippen LogP contribution in [0, 0.1) is 55.4 Å². The molecule has 0 amide bonds. The van der Waals surface area contributed by atoms with Gasteiger partial charge in [0.15, 0.2) is 0 Å². The third kappa shape index (κ3) is 18.1. The molecule has 83 heavy (non-hydrogen) atoms. The van der Waals surface area contributed by atoms with Crippen molar-refractivity contribution in [2.24, 2.45) is 0 Å². The summed E-state index contributed by atoms with van der Waals surface area (Å²) in [4.78, 5) is -1.19. The SMILES string of the molecule is C.C.C.C.C.Cc1cc(-c2nnc(C)o2)cc(S(=O)(=O)[O-])c1.Cc1cc(S(=O)(=O)[O-])c2cc(-c3nnc(C)o3)ccc2c1.Cc1ccc(-c2ccc(-c3nnc(C)o3)c(S(=O)(=O)[O-])c2)cc1.Cc1nnc(-c2ccc(C)c(S(=O)(=O)[O-])c2)o1. The Morgan fingerprint density at radius 1 is 0.325 bits per heavy atom. The maximum absolute atomic E-state index is 11.6. The van der Waals surface area contributed by atoms with Gasteiger partial charge < -0.3 is 35.9 Å². The molecule has 0 atom stereocenters. The monoisotopic (exact) mass is 1220 g/mol. The second kappa shape index (κ2) is 28.2. The van der Waals surface area contributed by atoms with Crippen LogP contribution in [0.1, 0.15) is 82.9 Å². The number of rotatable bonds is 9. The fourth-order valence-corrected chi connectivity index (χ4v) is 10.1. The molecule has 10 rings (SSSR count). The average Bonchev–Trinajstić information content (AvgIpc) is 4.36. The number of nitrogens with zero attached hydrogens (tertiary/aromatic N) is 8. The molecule has 0 spiro atoms. The van der Waals surface area contributed by atoms with Gasteiger partial charge in [0.2, 0.25) is 47.1 Å². The molecule has 0 saturated heterocycles. The summed E-state index contributed by atoms with van der Waals surface area (Å²) < 4.78 is 156. The van der Waals surface area contributed by atoms with Crippen LogP contribution in [0.5, 0.6) is 0 Å². The van der Waals surface area contributed by atoms with Crippen molar-refractivity contribution in [2.45, 2.75) is 112 Å². The van der Waals surface area contributed by atoms with Gasteiger partial charge in [0.1, 0.15) is 40.5 Å². The van der Waals surface area contributed by atoms with E-state index in [9.17, 15) is 51.9 Å². The van der Waals surface area contributed by atoms with Crippen LogP contribution in [0.3, 0.4) is 0 Å². The minimum atomic E-state index is -4.69. The lowest BCUT2D eigenvalue weighted by Gasteiger charge is -2.13. The molecule has 24 nitrogen and oxygen atoms in total. The first-order valence-corrected chi connectivity index (χ1v) is 28.1. The van der Waals surface area contributed by atoms with Crippen molar-refractivity contribution in [1.82, 2.24) is 40.8 Å². The van der Waals surface area contributed by atoms with Gasteiger partial charge in [0.05, 0.1) is 25.1 Å². The first-order valence-electron chi connectivity index (χ1n) is 22.5. The van der Waals surface area contributed by atoms with E-state index in [4.69, 9.17) is 17.7 Å². The third-order valence-electron chi connectivity index (χ3n) is 10.8. The molecule has 0 saturated carbocycles. The Morgan fingerprint density at radius 2 is 0.735 bits per heavy atom. The fourth-order valence-electron chi connectivity index (χ4n) is 7.30. The molecule has 4 aromatic heterocycles. The molecule has 0 N–H and O–H groups in total. The van der Waals surface area contributed by atoms with Crippen LogP contribution in [0.2, 0.25) is 0 Å². The van der Waals surface area contributed by atoms with Crippen molar-refractivity contribution < 1.29 is 69.6 Å². The number of fused-ring (bicyclic) bond motifs is 1. The van der Waals surface area contributed by atoms with Gasteiger partial charge in [-0.15, -0.1) is 40.8 Å². The van der Waals surface area contributed by atoms with Gasteiger partial charge in [0.25, 0.3) is 0 Å². The van der Waals surface area contributed by atoms with Crippen LogP contribution in [-0.4, -0.2) is 92.7 Å². The van der Waals surface area contributed by atoms with Crippen LogP contribution in [0.25, 0.3) is 67.7 Å². The Labute approximate surface area is 483 Å². The molecule has 446 valence electrons. The van der Waals surface area contributed by atoms with E-state index >= 15 is 0 Å². The first-order chi connectivity index (χ1) is 36.4. The van der Waals surface area contributed by atoms with Crippen LogP contribution in [0.4, 0.5) is 0 Å². The van der Waals surface area contributed by atoms with Gasteiger partial charge in [0, 0.05) is 44.4 Å². The van der Waals surface area contributed by atoms with E-state index in [0.29, 0.717) is 67.4 Å². The Bertz CT molecular complexity index is 4330. The smallest absolute Gasteiger partial charge is 0.248 e. The van der Waals surface area contributed by atoms with E-state index < -0.39 is 40.5 Å². The van der Waals surface area contributed by atoms with Crippen molar-refractivity contribution >= 4 is 51.2 Å². The topological polar surface area (TPSA) is 384 Å². The number of benzene rings is 6. The number of hydrogen-bond donors (Lipinski definition) is 0. The third-order valence-corrected chi connectivity index (χ3v) is 14.4. The number of hydrogen-bond acceptors (Lipinski definition) is 24. The second-order valence-electron chi connectivity index (χ2n) is 17.1. The summed E-state index contributed by atoms with van der Waals surface area (Å²) >= 11 is 0. The molecule has 0 aliphatic carbocycles. The van der Waals surface area contributed by atoms with Crippen molar-refractivity contribution in [3.05, 3.63) is 155 Å². The van der Waals surface area contributed by atoms with E-state index in [1.807, 2.05) is 37.3 Å². The Kier molecular flexibility index (Phi) is 24.1. The molecule has 28 heteroatoms. The van der Waals surface area contributed by atoms with Crippen LogP contribution in [0.15, 0.2) is 146 Å². The quantitative estimate of drug-likeness (QED) is 0.121. The Hall–Kier alpha value is -8.22. The molecule has 0 unspecified atom stereocenters. The molecule has 10 aromatic rings. The minimum absolute atomic E-state index is 0. The predicted molar refractivity (Wildman–Crippen MR) is 305 cm³/mol. The van der Waals surface area contributed by atoms with Crippen LogP contribution >= 0.6 is 0 Å². The molecule has 0 aliphatic rings. The summed E-state index contributed by atoms with van der Waals surface area (Å²) in [7, 11) is -18.2. The highest BCUT2D eigenvalue weighted by atomic mass is 32.2. The average molecular weight is 1220 g/mol. The maximum Gasteiger partial charge on any atom is 0.248 e. The van der Waals surface area contributed by atoms with Crippen LogP contribution in [-0.2, 0) is 40.5 Å². The highest BCUT2D eigenvalue weighted by molar-refractivity contribution is 7.86. The van der Waals surface area contributed by atoms with Crippen molar-refractivity contribution in [3.63, 3.8) is 0 Å². The summed E-state index contributed by atoms with van der Waals surface area (Å²) in [6, 6.07) is 28.9. The van der Waals surface area contributed by atoms with Gasteiger partial charge in [-0.1, -0.05) is 91.2 Å². The van der Waals surface area contributed by atoms with E-state index in [1.54, 1.807) is 84.9 Å². The number of aromatic nitrogens is 8. The molecule has 0 aliphatic heterocycles. The summed E-state index contributed by atoms with van der Waals surface area (Å²) in [5.41, 5.74) is 5.75. The standard InChI is InChI=1S/C16H14N2O4S.C14H12N2O4S.2C10H10N2O4S.5CH4/c1-10-3-5-12(6-4-10)13-7-8-14(15(9-13)23(19,20)21)16-18-17-11(2)22-16;1-8-5-10-3-4-11(14-16-15-9(2)20-14)7-12(10)13(6-8)21(17,18)19;1-6-3-8(10-12-11-7(2)16-10)5-9(4-6)17(13,14)15;1-6-3-4-8(5-9(6)17(13,14)15)10-12-11-7(2)16-10;;;;;/h3-9H,1-2H3,(H,19,20,21);3-7H,1-2H3,(H,17,18,19);2*3-5H,1-2H3,(H,13,14,15);5*1H4/p-4. The van der Waals surface area contributed by atoms with Crippen LogP contribution < -0.4 is 0 Å². The van der Waals surface area contributed by atoms with Gasteiger partial charge in [-0.05, 0) is 127 Å². The highest BCUT2D eigenvalue weighted by Crippen LogP contribution is 2.33. The maximum atomic E-state index is 11.6. The molecular weight excluding hydrogens is 1160 g/mol. The minimum Gasteiger partial charge on any atom is -0.744 e. The zero-order chi connectivity index (χ0) is 57.1. The Balaban J connectivity index is 0.000000373. The summed E-state index contributed by atoms with van der Waals surface area (Å²) in [5.74, 6) is 2.10. The lowest BCUT2D eigenvalue weighted by molar-refractivity contribution is 0.460. The molecular formula is C55H62N8O16S4-4. The second-order valence-corrected chi connectivity index (χ2v) is 22.5. The molecule has 0 radical (unpaired) electrons. The summed E-state index contributed by atoms with van der Waals surface area (Å²) in [5, 5.41) is 30.9. The Morgan fingerprint density at radius 3 is 1.19 bits per heavy atom. The van der Waals surface area contributed by atoms with Gasteiger partial charge in [-0.2, -0.15) is 0 Å². The lowest BCUT2D eigenvalue weighted by atomic mass is 10.0. The van der Waals surface area contributed by atoms with Crippen molar-refractivity contribution in [1.29, 1.82) is 0 Å².